The number of rotatable bonds is 0. The molecule has 0 bridgehead atoms. The van der Waals surface area contributed by atoms with Crippen molar-refractivity contribution in [1.82, 2.24) is 9.13 Å². The number of hydrogen-bond acceptors (Lipinski definition) is 2. The zero-order valence-corrected chi connectivity index (χ0v) is 9.91. The molecule has 0 N–H and O–H groups in total. The van der Waals surface area contributed by atoms with Crippen LogP contribution in [0, 0.1) is 0 Å². The lowest BCUT2D eigenvalue weighted by Crippen LogP contribution is -2.36. The van der Waals surface area contributed by atoms with Crippen LogP contribution in [0.4, 0.5) is 0 Å². The summed E-state index contributed by atoms with van der Waals surface area (Å²) in [6.07, 6.45) is 0. The standard InChI is InChI=1S/C10H9BrN2O2/c1-12-8-4-3-6(11)5-7(8)9(14)13(2)10(12)15/h3-5H,1-2H3. The predicted molar refractivity (Wildman–Crippen MR) is 62.1 cm³/mol. The molecule has 0 unspecified atom stereocenters. The number of halogens is 1. The van der Waals surface area contributed by atoms with E-state index >= 15 is 0 Å². The number of benzene rings is 1. The van der Waals surface area contributed by atoms with Crippen molar-refractivity contribution in [2.24, 2.45) is 14.1 Å². The molecule has 5 heteroatoms. The molecule has 1 aromatic heterocycles. The lowest BCUT2D eigenvalue weighted by atomic mass is 10.2. The zero-order chi connectivity index (χ0) is 11.2. The number of aromatic nitrogens is 2. The minimum absolute atomic E-state index is 0.269. The fourth-order valence-electron chi connectivity index (χ4n) is 1.57. The van der Waals surface area contributed by atoms with E-state index in [0.29, 0.717) is 10.9 Å². The lowest BCUT2D eigenvalue weighted by molar-refractivity contribution is 0.713. The van der Waals surface area contributed by atoms with Gasteiger partial charge in [-0.15, -0.1) is 0 Å². The van der Waals surface area contributed by atoms with Crippen molar-refractivity contribution in [2.75, 3.05) is 0 Å². The van der Waals surface area contributed by atoms with Crippen LogP contribution >= 0.6 is 15.9 Å². The van der Waals surface area contributed by atoms with Crippen LogP contribution in [0.3, 0.4) is 0 Å². The Labute approximate surface area is 93.9 Å². The second kappa shape index (κ2) is 3.34. The molecule has 0 aliphatic heterocycles. The highest BCUT2D eigenvalue weighted by Gasteiger charge is 2.07. The van der Waals surface area contributed by atoms with E-state index in [2.05, 4.69) is 15.9 Å². The van der Waals surface area contributed by atoms with Crippen molar-refractivity contribution in [3.63, 3.8) is 0 Å². The molecule has 0 spiro atoms. The highest BCUT2D eigenvalue weighted by Crippen LogP contribution is 2.15. The maximum Gasteiger partial charge on any atom is 0.330 e. The second-order valence-corrected chi connectivity index (χ2v) is 4.28. The molecule has 0 radical (unpaired) electrons. The van der Waals surface area contributed by atoms with Gasteiger partial charge in [0.25, 0.3) is 5.56 Å². The molecule has 0 fully saturated rings. The third-order valence-corrected chi connectivity index (χ3v) is 2.92. The first-order valence-corrected chi connectivity index (χ1v) is 5.17. The first kappa shape index (κ1) is 10.2. The molecule has 2 rings (SSSR count). The van der Waals surface area contributed by atoms with Crippen molar-refractivity contribution in [2.45, 2.75) is 0 Å². The summed E-state index contributed by atoms with van der Waals surface area (Å²) >= 11 is 3.30. The molecule has 0 saturated heterocycles. The van der Waals surface area contributed by atoms with Crippen LogP contribution in [0.15, 0.2) is 32.3 Å². The average Bonchev–Trinajstić information content (AvgIpc) is 2.23. The maximum atomic E-state index is 11.8. The highest BCUT2D eigenvalue weighted by atomic mass is 79.9. The summed E-state index contributed by atoms with van der Waals surface area (Å²) in [5, 5.41) is 0.536. The number of fused-ring (bicyclic) bond motifs is 1. The summed E-state index contributed by atoms with van der Waals surface area (Å²) in [6.45, 7) is 0. The number of hydrogen-bond donors (Lipinski definition) is 0. The lowest BCUT2D eigenvalue weighted by Gasteiger charge is -2.06. The van der Waals surface area contributed by atoms with E-state index < -0.39 is 0 Å². The molecule has 0 aliphatic carbocycles. The van der Waals surface area contributed by atoms with Gasteiger partial charge in [0, 0.05) is 18.6 Å². The van der Waals surface area contributed by atoms with Gasteiger partial charge in [-0.1, -0.05) is 15.9 Å². The summed E-state index contributed by atoms with van der Waals surface area (Å²) in [5.41, 5.74) is 0.0653. The van der Waals surface area contributed by atoms with E-state index in [4.69, 9.17) is 0 Å². The SMILES string of the molecule is Cn1c(=O)c2cc(Br)ccc2n(C)c1=O. The fraction of sp³-hybridized carbons (Fsp3) is 0.200. The van der Waals surface area contributed by atoms with Gasteiger partial charge in [0.05, 0.1) is 10.9 Å². The smallest absolute Gasteiger partial charge is 0.296 e. The Morgan fingerprint density at radius 2 is 1.80 bits per heavy atom. The van der Waals surface area contributed by atoms with E-state index in [1.807, 2.05) is 0 Å². The van der Waals surface area contributed by atoms with Crippen LogP contribution in [0.1, 0.15) is 0 Å². The minimum atomic E-state index is -0.310. The molecule has 1 heterocycles. The van der Waals surface area contributed by atoms with Gasteiger partial charge < -0.3 is 0 Å². The third-order valence-electron chi connectivity index (χ3n) is 2.43. The number of aryl methyl sites for hydroxylation is 1. The van der Waals surface area contributed by atoms with Gasteiger partial charge in [0.1, 0.15) is 0 Å². The highest BCUT2D eigenvalue weighted by molar-refractivity contribution is 9.10. The van der Waals surface area contributed by atoms with Gasteiger partial charge in [-0.25, -0.2) is 4.79 Å². The fourth-order valence-corrected chi connectivity index (χ4v) is 1.93. The van der Waals surface area contributed by atoms with Gasteiger partial charge in [0.2, 0.25) is 0 Å². The van der Waals surface area contributed by atoms with Crippen LogP contribution in [0.5, 0.6) is 0 Å². The van der Waals surface area contributed by atoms with Crippen molar-refractivity contribution >= 4 is 26.8 Å². The van der Waals surface area contributed by atoms with E-state index in [-0.39, 0.29) is 11.2 Å². The molecule has 78 valence electrons. The predicted octanol–water partition coefficient (Wildman–Crippen LogP) is 1.000. The van der Waals surface area contributed by atoms with E-state index in [9.17, 15) is 9.59 Å². The molecule has 0 amide bonds. The molecule has 0 atom stereocenters. The molecule has 0 saturated carbocycles. The molecule has 1 aromatic carbocycles. The molecule has 15 heavy (non-hydrogen) atoms. The Morgan fingerprint density at radius 3 is 2.47 bits per heavy atom. The number of nitrogens with zero attached hydrogens (tertiary/aromatic N) is 2. The van der Waals surface area contributed by atoms with Crippen molar-refractivity contribution in [3.05, 3.63) is 43.5 Å². The largest absolute Gasteiger partial charge is 0.330 e. The third kappa shape index (κ3) is 1.43. The Bertz CT molecular complexity index is 655. The summed E-state index contributed by atoms with van der Waals surface area (Å²) in [6, 6.07) is 5.28. The normalized spacial score (nSPS) is 10.9. The van der Waals surface area contributed by atoms with Gasteiger partial charge in [-0.05, 0) is 18.2 Å². The Hall–Kier alpha value is -1.36. The topological polar surface area (TPSA) is 44.0 Å². The molecule has 2 aromatic rings. The van der Waals surface area contributed by atoms with Crippen LogP contribution < -0.4 is 11.2 Å². The Kier molecular flexibility index (Phi) is 2.26. The van der Waals surface area contributed by atoms with Crippen molar-refractivity contribution in [3.8, 4) is 0 Å². The van der Waals surface area contributed by atoms with Crippen molar-refractivity contribution in [1.29, 1.82) is 0 Å². The Morgan fingerprint density at radius 1 is 1.13 bits per heavy atom. The van der Waals surface area contributed by atoms with Crippen molar-refractivity contribution < 1.29 is 0 Å². The molecular weight excluding hydrogens is 260 g/mol. The quantitative estimate of drug-likeness (QED) is 0.716. The first-order valence-electron chi connectivity index (χ1n) is 4.37. The monoisotopic (exact) mass is 268 g/mol. The summed E-state index contributed by atoms with van der Waals surface area (Å²) in [7, 11) is 3.13. The maximum absolute atomic E-state index is 11.8. The minimum Gasteiger partial charge on any atom is -0.296 e. The van der Waals surface area contributed by atoms with Crippen LogP contribution in [0.2, 0.25) is 0 Å². The molecular formula is C10H9BrN2O2. The second-order valence-electron chi connectivity index (χ2n) is 3.37. The van der Waals surface area contributed by atoms with Gasteiger partial charge in [-0.2, -0.15) is 0 Å². The van der Waals surface area contributed by atoms with E-state index in [1.165, 1.54) is 11.6 Å². The first-order chi connectivity index (χ1) is 7.02. The summed E-state index contributed by atoms with van der Waals surface area (Å²) in [4.78, 5) is 23.4. The molecule has 0 aliphatic rings. The van der Waals surface area contributed by atoms with Gasteiger partial charge >= 0.3 is 5.69 Å². The van der Waals surface area contributed by atoms with Crippen LogP contribution in [-0.4, -0.2) is 9.13 Å². The van der Waals surface area contributed by atoms with Crippen LogP contribution in [-0.2, 0) is 14.1 Å². The Balaban J connectivity index is 3.15. The van der Waals surface area contributed by atoms with E-state index in [1.54, 1.807) is 25.2 Å². The zero-order valence-electron chi connectivity index (χ0n) is 8.32. The average molecular weight is 269 g/mol. The molecule has 4 nitrogen and oxygen atoms in total. The van der Waals surface area contributed by atoms with Crippen LogP contribution in [0.25, 0.3) is 10.9 Å². The van der Waals surface area contributed by atoms with Gasteiger partial charge in [-0.3, -0.25) is 13.9 Å². The van der Waals surface area contributed by atoms with Gasteiger partial charge in [0.15, 0.2) is 0 Å². The van der Waals surface area contributed by atoms with E-state index in [0.717, 1.165) is 9.04 Å². The summed E-state index contributed by atoms with van der Waals surface area (Å²) in [5.74, 6) is 0. The summed E-state index contributed by atoms with van der Waals surface area (Å²) < 4.78 is 3.39.